The highest BCUT2D eigenvalue weighted by Gasteiger charge is 2.30. The second-order valence-corrected chi connectivity index (χ2v) is 4.67. The number of piperazine rings is 1. The fourth-order valence-electron chi connectivity index (χ4n) is 1.89. The zero-order valence-corrected chi connectivity index (χ0v) is 9.86. The van der Waals surface area contributed by atoms with Gasteiger partial charge in [-0.3, -0.25) is 4.79 Å². The van der Waals surface area contributed by atoms with E-state index in [-0.39, 0.29) is 12.5 Å². The number of amides is 1. The van der Waals surface area contributed by atoms with Gasteiger partial charge in [0.05, 0.1) is 39.2 Å². The van der Waals surface area contributed by atoms with E-state index in [0.29, 0.717) is 36.2 Å². The summed E-state index contributed by atoms with van der Waals surface area (Å²) in [6.07, 6.45) is 0. The number of carbonyl (C=O) groups is 2. The molecule has 5 heteroatoms. The van der Waals surface area contributed by atoms with Crippen molar-refractivity contribution in [3.63, 3.8) is 0 Å². The maximum Gasteiger partial charge on any atom is 0.249 e. The molecule has 1 aliphatic heterocycles. The Morgan fingerprint density at radius 3 is 2.25 bits per heavy atom. The first-order valence-electron chi connectivity index (χ1n) is 5.32. The van der Waals surface area contributed by atoms with Crippen LogP contribution in [0.15, 0.2) is 12.2 Å². The molecule has 0 N–H and O–H groups in total. The lowest BCUT2D eigenvalue weighted by molar-refractivity contribution is -0.907. The number of hydrogen-bond donors (Lipinski definition) is 0. The summed E-state index contributed by atoms with van der Waals surface area (Å²) in [5.41, 5.74) is 0.524. The predicted octanol–water partition coefficient (Wildman–Crippen LogP) is -1.40. The molecule has 90 valence electrons. The Hall–Kier alpha value is -1.36. The van der Waals surface area contributed by atoms with Crippen molar-refractivity contribution in [2.45, 2.75) is 6.92 Å². The summed E-state index contributed by atoms with van der Waals surface area (Å²) in [4.78, 5) is 23.9. The maximum atomic E-state index is 11.6. The number of rotatable bonds is 3. The van der Waals surface area contributed by atoms with Crippen LogP contribution in [-0.2, 0) is 9.59 Å². The average Bonchev–Trinajstić information content (AvgIpc) is 2.16. The summed E-state index contributed by atoms with van der Waals surface area (Å²) in [5.74, 6) is -1.08. The Labute approximate surface area is 95.5 Å². The third-order valence-electron chi connectivity index (χ3n) is 2.98. The number of aliphatic carboxylic acids is 1. The molecule has 1 saturated heterocycles. The van der Waals surface area contributed by atoms with Crippen LogP contribution in [0, 0.1) is 0 Å². The topological polar surface area (TPSA) is 60.4 Å². The number of quaternary nitrogens is 1. The van der Waals surface area contributed by atoms with Gasteiger partial charge in [0.1, 0.15) is 6.54 Å². The van der Waals surface area contributed by atoms with Crippen molar-refractivity contribution < 1.29 is 19.2 Å². The van der Waals surface area contributed by atoms with E-state index in [1.165, 1.54) is 0 Å². The second kappa shape index (κ2) is 4.65. The van der Waals surface area contributed by atoms with Crippen LogP contribution in [0.3, 0.4) is 0 Å². The molecule has 0 aromatic rings. The first-order chi connectivity index (χ1) is 7.34. The van der Waals surface area contributed by atoms with Crippen molar-refractivity contribution >= 4 is 11.9 Å². The fourth-order valence-corrected chi connectivity index (χ4v) is 1.89. The minimum absolute atomic E-state index is 0.00903. The van der Waals surface area contributed by atoms with Gasteiger partial charge in [-0.2, -0.15) is 0 Å². The van der Waals surface area contributed by atoms with E-state index in [1.807, 2.05) is 7.05 Å². The van der Waals surface area contributed by atoms with Gasteiger partial charge in [0.2, 0.25) is 5.91 Å². The molecule has 0 unspecified atom stereocenters. The zero-order chi connectivity index (χ0) is 12.3. The van der Waals surface area contributed by atoms with Gasteiger partial charge in [0, 0.05) is 5.57 Å². The number of nitrogens with zero attached hydrogens (tertiary/aromatic N) is 2. The minimum atomic E-state index is -1.04. The van der Waals surface area contributed by atoms with Gasteiger partial charge in [-0.25, -0.2) is 0 Å². The molecule has 16 heavy (non-hydrogen) atoms. The molecule has 1 fully saturated rings. The van der Waals surface area contributed by atoms with Crippen molar-refractivity contribution in [1.29, 1.82) is 0 Å². The summed E-state index contributed by atoms with van der Waals surface area (Å²) in [5, 5.41) is 10.6. The molecule has 0 radical (unpaired) electrons. The first-order valence-corrected chi connectivity index (χ1v) is 5.32. The van der Waals surface area contributed by atoms with E-state index in [0.717, 1.165) is 0 Å². The molecular formula is C11H18N2O3. The second-order valence-electron chi connectivity index (χ2n) is 4.67. The third kappa shape index (κ3) is 3.06. The Morgan fingerprint density at radius 2 is 1.88 bits per heavy atom. The summed E-state index contributed by atoms with van der Waals surface area (Å²) in [6, 6.07) is 0. The van der Waals surface area contributed by atoms with Gasteiger partial charge in [0.15, 0.2) is 0 Å². The summed E-state index contributed by atoms with van der Waals surface area (Å²) < 4.78 is 0.433. The number of carbonyl (C=O) groups excluding carboxylic acids is 2. The SMILES string of the molecule is C=C(C)C(=O)N1CC[N+](C)(CC(=O)[O-])CC1. The average molecular weight is 226 g/mol. The number of likely N-dealkylation sites (N-methyl/N-ethyl adjacent to an activating group) is 1. The van der Waals surface area contributed by atoms with E-state index >= 15 is 0 Å². The molecule has 0 aliphatic carbocycles. The van der Waals surface area contributed by atoms with Crippen molar-refractivity contribution in [2.75, 3.05) is 39.8 Å². The highest BCUT2D eigenvalue weighted by atomic mass is 16.4. The van der Waals surface area contributed by atoms with Crippen molar-refractivity contribution in [2.24, 2.45) is 0 Å². The molecule has 5 nitrogen and oxygen atoms in total. The van der Waals surface area contributed by atoms with Crippen LogP contribution in [-0.4, -0.2) is 61.0 Å². The molecule has 0 atom stereocenters. The van der Waals surface area contributed by atoms with E-state index in [4.69, 9.17) is 0 Å². The van der Waals surface area contributed by atoms with Crippen LogP contribution in [0.5, 0.6) is 0 Å². The molecule has 0 bridgehead atoms. The molecule has 1 aliphatic rings. The van der Waals surface area contributed by atoms with Gasteiger partial charge in [-0.15, -0.1) is 0 Å². The molecule has 0 aromatic heterocycles. The highest BCUT2D eigenvalue weighted by molar-refractivity contribution is 5.92. The zero-order valence-electron chi connectivity index (χ0n) is 9.86. The monoisotopic (exact) mass is 226 g/mol. The molecule has 1 rings (SSSR count). The van der Waals surface area contributed by atoms with Gasteiger partial charge in [-0.1, -0.05) is 6.58 Å². The van der Waals surface area contributed by atoms with Crippen LogP contribution in [0.2, 0.25) is 0 Å². The summed E-state index contributed by atoms with van der Waals surface area (Å²) >= 11 is 0. The Bertz CT molecular complexity index is 317. The van der Waals surface area contributed by atoms with Gasteiger partial charge < -0.3 is 19.3 Å². The van der Waals surface area contributed by atoms with E-state index < -0.39 is 5.97 Å². The molecule has 1 amide bonds. The molecule has 1 heterocycles. The van der Waals surface area contributed by atoms with Gasteiger partial charge in [-0.05, 0) is 6.92 Å². The largest absolute Gasteiger partial charge is 0.544 e. The first kappa shape index (κ1) is 12.7. The van der Waals surface area contributed by atoms with Gasteiger partial charge >= 0.3 is 0 Å². The van der Waals surface area contributed by atoms with Crippen LogP contribution in [0.25, 0.3) is 0 Å². The van der Waals surface area contributed by atoms with E-state index in [9.17, 15) is 14.7 Å². The Morgan fingerprint density at radius 1 is 1.38 bits per heavy atom. The quantitative estimate of drug-likeness (QED) is 0.439. The van der Waals surface area contributed by atoms with Gasteiger partial charge in [0.25, 0.3) is 0 Å². The normalized spacial score (nSPS) is 19.2. The predicted molar refractivity (Wildman–Crippen MR) is 57.2 cm³/mol. The maximum absolute atomic E-state index is 11.6. The fraction of sp³-hybridized carbons (Fsp3) is 0.636. The highest BCUT2D eigenvalue weighted by Crippen LogP contribution is 2.11. The number of hydrogen-bond acceptors (Lipinski definition) is 3. The molecule has 0 saturated carbocycles. The van der Waals surface area contributed by atoms with Crippen molar-refractivity contribution in [3.05, 3.63) is 12.2 Å². The van der Waals surface area contributed by atoms with Crippen LogP contribution >= 0.6 is 0 Å². The lowest BCUT2D eigenvalue weighted by atomic mass is 10.2. The van der Waals surface area contributed by atoms with Crippen molar-refractivity contribution in [3.8, 4) is 0 Å². The van der Waals surface area contributed by atoms with Crippen LogP contribution < -0.4 is 5.11 Å². The lowest BCUT2D eigenvalue weighted by Crippen LogP contribution is -2.61. The van der Waals surface area contributed by atoms with Crippen LogP contribution in [0.4, 0.5) is 0 Å². The Balaban J connectivity index is 2.53. The van der Waals surface area contributed by atoms with Crippen LogP contribution in [0.1, 0.15) is 6.92 Å². The molecule has 0 spiro atoms. The molecular weight excluding hydrogens is 208 g/mol. The van der Waals surface area contributed by atoms with E-state index in [2.05, 4.69) is 6.58 Å². The summed E-state index contributed by atoms with van der Waals surface area (Å²) in [7, 11) is 1.87. The number of carboxylic acids is 1. The third-order valence-corrected chi connectivity index (χ3v) is 2.98. The van der Waals surface area contributed by atoms with E-state index in [1.54, 1.807) is 11.8 Å². The van der Waals surface area contributed by atoms with Crippen molar-refractivity contribution in [1.82, 2.24) is 4.90 Å². The number of carboxylic acid groups (broad SMARTS) is 1. The lowest BCUT2D eigenvalue weighted by Gasteiger charge is -2.42. The smallest absolute Gasteiger partial charge is 0.249 e. The summed E-state index contributed by atoms with van der Waals surface area (Å²) in [6.45, 7) is 7.76. The Kier molecular flexibility index (Phi) is 3.70. The standard InChI is InChI=1S/C11H18N2O3/c1-9(2)11(16)12-4-6-13(3,7-5-12)8-10(14)15/h1,4-8H2,2-3H3. The molecule has 0 aromatic carbocycles. The minimum Gasteiger partial charge on any atom is -0.544 e.